The van der Waals surface area contributed by atoms with E-state index in [-0.39, 0.29) is 29.4 Å². The highest BCUT2D eigenvalue weighted by Crippen LogP contribution is 2.24. The molecule has 0 saturated carbocycles. The van der Waals surface area contributed by atoms with Gasteiger partial charge in [0, 0.05) is 12.7 Å². The highest BCUT2D eigenvalue weighted by molar-refractivity contribution is 5.93. The maximum Gasteiger partial charge on any atom is 0.353 e. The van der Waals surface area contributed by atoms with E-state index in [0.717, 1.165) is 6.42 Å². The molecule has 2 heterocycles. The fourth-order valence-electron chi connectivity index (χ4n) is 2.06. The highest BCUT2D eigenvalue weighted by atomic mass is 16.5. The topological polar surface area (TPSA) is 104 Å². The number of H-pyrrole nitrogens is 1. The first-order valence-corrected chi connectivity index (χ1v) is 5.83. The number of ether oxygens (including phenoxy) is 1. The van der Waals surface area contributed by atoms with Gasteiger partial charge in [-0.2, -0.15) is 5.10 Å². The molecular weight excluding hydrogens is 238 g/mol. The summed E-state index contributed by atoms with van der Waals surface area (Å²) < 4.78 is 5.43. The Bertz CT molecular complexity index is 457. The third-order valence-electron chi connectivity index (χ3n) is 3.01. The number of nitrogens with zero attached hydrogens (tertiary/aromatic N) is 1. The summed E-state index contributed by atoms with van der Waals surface area (Å²) in [6.45, 7) is 2.55. The van der Waals surface area contributed by atoms with Crippen LogP contribution >= 0.6 is 0 Å². The lowest BCUT2D eigenvalue weighted by molar-refractivity contribution is -0.121. The van der Waals surface area contributed by atoms with Crippen LogP contribution in [-0.4, -0.2) is 39.9 Å². The molecule has 0 bridgehead atoms. The number of rotatable bonds is 4. The number of anilines is 1. The van der Waals surface area contributed by atoms with Crippen LogP contribution < -0.4 is 5.32 Å². The monoisotopic (exact) mass is 253 g/mol. The third-order valence-corrected chi connectivity index (χ3v) is 3.01. The van der Waals surface area contributed by atoms with Crippen molar-refractivity contribution in [2.75, 3.05) is 11.9 Å². The van der Waals surface area contributed by atoms with Gasteiger partial charge in [-0.15, -0.1) is 0 Å². The quantitative estimate of drug-likeness (QED) is 0.738. The van der Waals surface area contributed by atoms with Crippen molar-refractivity contribution in [2.45, 2.75) is 25.9 Å². The molecule has 1 fully saturated rings. The lowest BCUT2D eigenvalue weighted by Crippen LogP contribution is -2.29. The van der Waals surface area contributed by atoms with Crippen LogP contribution in [0, 0.1) is 5.92 Å². The van der Waals surface area contributed by atoms with Crippen molar-refractivity contribution < 1.29 is 19.4 Å². The molecule has 1 aliphatic heterocycles. The average Bonchev–Trinajstić information content (AvgIpc) is 2.96. The van der Waals surface area contributed by atoms with Crippen LogP contribution in [0.25, 0.3) is 0 Å². The Morgan fingerprint density at radius 2 is 2.44 bits per heavy atom. The van der Waals surface area contributed by atoms with Gasteiger partial charge in [-0.1, -0.05) is 6.92 Å². The summed E-state index contributed by atoms with van der Waals surface area (Å²) in [4.78, 5) is 22.6. The maximum absolute atomic E-state index is 12.0. The number of carboxylic acid groups (broad SMARTS) is 1. The van der Waals surface area contributed by atoms with Gasteiger partial charge < -0.3 is 15.2 Å². The Balaban J connectivity index is 2.00. The minimum absolute atomic E-state index is 0.0555. The first-order chi connectivity index (χ1) is 8.61. The van der Waals surface area contributed by atoms with Crippen molar-refractivity contribution in [3.8, 4) is 0 Å². The molecule has 7 nitrogen and oxygen atoms in total. The lowest BCUT2D eigenvalue weighted by atomic mass is 9.99. The number of hydrogen-bond acceptors (Lipinski definition) is 4. The molecule has 3 N–H and O–H groups in total. The summed E-state index contributed by atoms with van der Waals surface area (Å²) in [7, 11) is 0. The van der Waals surface area contributed by atoms with Crippen molar-refractivity contribution in [1.29, 1.82) is 0 Å². The van der Waals surface area contributed by atoms with Crippen LogP contribution in [0.3, 0.4) is 0 Å². The van der Waals surface area contributed by atoms with Gasteiger partial charge in [0.25, 0.3) is 0 Å². The molecule has 0 radical (unpaired) electrons. The highest BCUT2D eigenvalue weighted by Gasteiger charge is 2.33. The molecule has 1 aromatic heterocycles. The van der Waals surface area contributed by atoms with E-state index in [1.165, 1.54) is 6.07 Å². The summed E-state index contributed by atoms with van der Waals surface area (Å²) in [6.07, 6.45) is 1.39. The summed E-state index contributed by atoms with van der Waals surface area (Å²) in [6, 6.07) is 1.29. The smallest absolute Gasteiger partial charge is 0.353 e. The number of aromatic amines is 1. The Kier molecular flexibility index (Phi) is 3.61. The normalized spacial score (nSPS) is 22.9. The molecule has 1 saturated heterocycles. The number of aromatic carboxylic acids is 1. The molecule has 0 aliphatic carbocycles. The van der Waals surface area contributed by atoms with Gasteiger partial charge in [-0.3, -0.25) is 9.89 Å². The molecule has 1 aliphatic rings. The van der Waals surface area contributed by atoms with E-state index < -0.39 is 5.97 Å². The zero-order valence-corrected chi connectivity index (χ0v) is 9.97. The van der Waals surface area contributed by atoms with Crippen molar-refractivity contribution in [2.24, 2.45) is 5.92 Å². The standard InChI is InChI=1S/C11H15N3O4/c1-2-8-6(3-4-18-8)10(15)12-9-5-7(11(16)17)13-14-9/h5-6,8H,2-4H2,1H3,(H,16,17)(H2,12,13,14,15). The van der Waals surface area contributed by atoms with Gasteiger partial charge in [0.15, 0.2) is 5.82 Å². The Morgan fingerprint density at radius 3 is 3.06 bits per heavy atom. The molecule has 2 unspecified atom stereocenters. The largest absolute Gasteiger partial charge is 0.477 e. The number of carbonyl (C=O) groups is 2. The Labute approximate surface area is 104 Å². The van der Waals surface area contributed by atoms with Crippen LogP contribution in [-0.2, 0) is 9.53 Å². The zero-order valence-electron chi connectivity index (χ0n) is 9.97. The lowest BCUT2D eigenvalue weighted by Gasteiger charge is -2.15. The predicted octanol–water partition coefficient (Wildman–Crippen LogP) is 0.861. The van der Waals surface area contributed by atoms with E-state index in [0.29, 0.717) is 13.0 Å². The van der Waals surface area contributed by atoms with Crippen LogP contribution in [0.1, 0.15) is 30.3 Å². The average molecular weight is 253 g/mol. The van der Waals surface area contributed by atoms with Crippen molar-refractivity contribution in [3.05, 3.63) is 11.8 Å². The fraction of sp³-hybridized carbons (Fsp3) is 0.545. The zero-order chi connectivity index (χ0) is 13.1. The molecule has 7 heteroatoms. The van der Waals surface area contributed by atoms with Crippen molar-refractivity contribution >= 4 is 17.7 Å². The summed E-state index contributed by atoms with van der Waals surface area (Å²) in [5.74, 6) is -1.26. The van der Waals surface area contributed by atoms with Gasteiger partial charge >= 0.3 is 5.97 Å². The number of hydrogen-bond donors (Lipinski definition) is 3. The van der Waals surface area contributed by atoms with E-state index in [2.05, 4.69) is 15.5 Å². The summed E-state index contributed by atoms with van der Waals surface area (Å²) >= 11 is 0. The third kappa shape index (κ3) is 2.51. The fourth-order valence-corrected chi connectivity index (χ4v) is 2.06. The van der Waals surface area contributed by atoms with Crippen LogP contribution in [0.2, 0.25) is 0 Å². The van der Waals surface area contributed by atoms with Crippen molar-refractivity contribution in [3.63, 3.8) is 0 Å². The predicted molar refractivity (Wildman–Crippen MR) is 62.3 cm³/mol. The van der Waals surface area contributed by atoms with Crippen molar-refractivity contribution in [1.82, 2.24) is 10.2 Å². The van der Waals surface area contributed by atoms with E-state index in [1.807, 2.05) is 6.92 Å². The number of amides is 1. The van der Waals surface area contributed by atoms with Gasteiger partial charge in [0.1, 0.15) is 5.69 Å². The summed E-state index contributed by atoms with van der Waals surface area (Å²) in [5, 5.41) is 17.4. The molecule has 2 atom stereocenters. The van der Waals surface area contributed by atoms with Crippen LogP contribution in [0.5, 0.6) is 0 Å². The van der Waals surface area contributed by atoms with E-state index in [9.17, 15) is 9.59 Å². The molecule has 98 valence electrons. The van der Waals surface area contributed by atoms with Crippen LogP contribution in [0.4, 0.5) is 5.82 Å². The molecule has 2 rings (SSSR count). The van der Waals surface area contributed by atoms with Crippen LogP contribution in [0.15, 0.2) is 6.07 Å². The molecule has 1 amide bonds. The van der Waals surface area contributed by atoms with Gasteiger partial charge in [0.2, 0.25) is 5.91 Å². The Morgan fingerprint density at radius 1 is 1.67 bits per heavy atom. The molecule has 0 spiro atoms. The first kappa shape index (κ1) is 12.6. The number of carboxylic acids is 1. The first-order valence-electron chi connectivity index (χ1n) is 5.83. The second-order valence-electron chi connectivity index (χ2n) is 4.17. The van der Waals surface area contributed by atoms with E-state index in [1.54, 1.807) is 0 Å². The minimum Gasteiger partial charge on any atom is -0.477 e. The second-order valence-corrected chi connectivity index (χ2v) is 4.17. The molecule has 18 heavy (non-hydrogen) atoms. The van der Waals surface area contributed by atoms with Gasteiger partial charge in [-0.25, -0.2) is 4.79 Å². The molecular formula is C11H15N3O4. The SMILES string of the molecule is CCC1OCCC1C(=O)Nc1cc(C(=O)O)[nH]n1. The van der Waals surface area contributed by atoms with E-state index in [4.69, 9.17) is 9.84 Å². The van der Waals surface area contributed by atoms with Gasteiger partial charge in [0.05, 0.1) is 12.0 Å². The maximum atomic E-state index is 12.0. The second kappa shape index (κ2) is 5.18. The Hall–Kier alpha value is -1.89. The van der Waals surface area contributed by atoms with E-state index >= 15 is 0 Å². The number of nitrogens with one attached hydrogen (secondary N) is 2. The molecule has 1 aromatic rings. The minimum atomic E-state index is -1.11. The van der Waals surface area contributed by atoms with Gasteiger partial charge in [-0.05, 0) is 12.8 Å². The number of carbonyl (C=O) groups excluding carboxylic acids is 1. The summed E-state index contributed by atoms with van der Waals surface area (Å²) in [5.41, 5.74) is -0.0555. The number of aromatic nitrogens is 2. The molecule has 0 aromatic carbocycles.